The predicted molar refractivity (Wildman–Crippen MR) is 111 cm³/mol. The monoisotopic (exact) mass is 387 g/mol. The first-order valence-electron chi connectivity index (χ1n) is 9.29. The second-order valence-electron chi connectivity index (χ2n) is 7.35. The molecule has 1 amide bonds. The van der Waals surface area contributed by atoms with Gasteiger partial charge in [0.25, 0.3) is 5.91 Å². The molecule has 3 N–H and O–H groups in total. The van der Waals surface area contributed by atoms with E-state index in [0.717, 1.165) is 22.2 Å². The van der Waals surface area contributed by atoms with Crippen LogP contribution < -0.4 is 5.73 Å². The molecule has 146 valence electrons. The van der Waals surface area contributed by atoms with Crippen LogP contribution in [-0.2, 0) is 4.79 Å². The minimum absolute atomic E-state index is 0.299. The van der Waals surface area contributed by atoms with Gasteiger partial charge in [0, 0.05) is 48.4 Å². The van der Waals surface area contributed by atoms with E-state index in [9.17, 15) is 9.90 Å². The summed E-state index contributed by atoms with van der Waals surface area (Å²) in [4.78, 5) is 27.0. The first kappa shape index (κ1) is 18.8. The number of carbonyl (C=O) groups excluding carboxylic acids is 1. The molecule has 1 aliphatic rings. The fourth-order valence-corrected chi connectivity index (χ4v) is 3.53. The molecule has 4 rings (SSSR count). The largest absolute Gasteiger partial charge is 0.382 e. The summed E-state index contributed by atoms with van der Waals surface area (Å²) in [6.45, 7) is 4.36. The van der Waals surface area contributed by atoms with Crippen molar-refractivity contribution in [1.29, 1.82) is 0 Å². The second kappa shape index (κ2) is 6.83. The van der Waals surface area contributed by atoms with Crippen molar-refractivity contribution >= 4 is 22.6 Å². The Morgan fingerprint density at radius 2 is 2.07 bits per heavy atom. The van der Waals surface area contributed by atoms with Gasteiger partial charge in [-0.15, -0.1) is 0 Å². The normalized spacial score (nSPS) is 18.8. The number of hydrogen-bond donors (Lipinski definition) is 2. The molecule has 3 heterocycles. The third-order valence-corrected chi connectivity index (χ3v) is 5.17. The standard InChI is InChI=1S/C22H21N5O2/c1-13-12-24-19(23)18-17(13)14(2)25-20(26-18)16-6-4-5-15(11-16)7-8-22(29)9-10-27(3)21(22)28/h4-6,11-12,29H,9-10H2,1-3H3,(H2,23,24). The van der Waals surface area contributed by atoms with Gasteiger partial charge in [0.2, 0.25) is 5.60 Å². The van der Waals surface area contributed by atoms with Gasteiger partial charge in [-0.2, -0.15) is 0 Å². The van der Waals surface area contributed by atoms with Gasteiger partial charge in [0.1, 0.15) is 11.3 Å². The minimum Gasteiger partial charge on any atom is -0.382 e. The number of carbonyl (C=O) groups is 1. The van der Waals surface area contributed by atoms with Crippen molar-refractivity contribution in [3.63, 3.8) is 0 Å². The van der Waals surface area contributed by atoms with Crippen LogP contribution in [0, 0.1) is 25.7 Å². The number of fused-ring (bicyclic) bond motifs is 1. The third kappa shape index (κ3) is 3.28. The lowest BCUT2D eigenvalue weighted by atomic mass is 10.0. The summed E-state index contributed by atoms with van der Waals surface area (Å²) in [5.74, 6) is 6.17. The Morgan fingerprint density at radius 3 is 2.79 bits per heavy atom. The number of nitrogens with zero attached hydrogens (tertiary/aromatic N) is 4. The van der Waals surface area contributed by atoms with Crippen molar-refractivity contribution < 1.29 is 9.90 Å². The van der Waals surface area contributed by atoms with Crippen molar-refractivity contribution in [3.8, 4) is 23.2 Å². The fraction of sp³-hybridized carbons (Fsp3) is 0.273. The summed E-state index contributed by atoms with van der Waals surface area (Å²) in [5.41, 5.74) is 8.26. The van der Waals surface area contributed by atoms with Gasteiger partial charge < -0.3 is 15.7 Å². The first-order chi connectivity index (χ1) is 13.8. The number of nitrogen functional groups attached to an aromatic ring is 1. The van der Waals surface area contributed by atoms with E-state index in [1.54, 1.807) is 13.2 Å². The molecule has 7 nitrogen and oxygen atoms in total. The number of hydrogen-bond acceptors (Lipinski definition) is 6. The molecule has 1 saturated heterocycles. The van der Waals surface area contributed by atoms with Gasteiger partial charge in [0.05, 0.1) is 0 Å². The molecule has 1 fully saturated rings. The van der Waals surface area contributed by atoms with E-state index in [4.69, 9.17) is 5.73 Å². The van der Waals surface area contributed by atoms with Crippen LogP contribution in [0.5, 0.6) is 0 Å². The van der Waals surface area contributed by atoms with E-state index in [1.807, 2.05) is 38.1 Å². The topological polar surface area (TPSA) is 105 Å². The maximum Gasteiger partial charge on any atom is 0.267 e. The van der Waals surface area contributed by atoms with Crippen LogP contribution in [0.2, 0.25) is 0 Å². The van der Waals surface area contributed by atoms with Gasteiger partial charge in [0.15, 0.2) is 5.82 Å². The van der Waals surface area contributed by atoms with E-state index >= 15 is 0 Å². The molecule has 1 atom stereocenters. The highest BCUT2D eigenvalue weighted by Gasteiger charge is 2.42. The number of likely N-dealkylation sites (N-methyl/N-ethyl adjacent to an activating group) is 1. The molecule has 0 aliphatic carbocycles. The second-order valence-corrected chi connectivity index (χ2v) is 7.35. The number of benzene rings is 1. The van der Waals surface area contributed by atoms with Gasteiger partial charge in [-0.25, -0.2) is 15.0 Å². The van der Waals surface area contributed by atoms with Crippen molar-refractivity contribution in [3.05, 3.63) is 47.3 Å². The van der Waals surface area contributed by atoms with Crippen LogP contribution in [0.1, 0.15) is 23.2 Å². The zero-order valence-corrected chi connectivity index (χ0v) is 16.5. The van der Waals surface area contributed by atoms with E-state index in [1.165, 1.54) is 4.90 Å². The Labute approximate surface area is 168 Å². The molecule has 0 saturated carbocycles. The smallest absolute Gasteiger partial charge is 0.267 e. The summed E-state index contributed by atoms with van der Waals surface area (Å²) >= 11 is 0. The molecular formula is C22H21N5O2. The summed E-state index contributed by atoms with van der Waals surface area (Å²) in [5, 5.41) is 11.4. The van der Waals surface area contributed by atoms with Crippen molar-refractivity contribution in [2.45, 2.75) is 25.9 Å². The number of aryl methyl sites for hydroxylation is 2. The Hall–Kier alpha value is -3.50. The maximum absolute atomic E-state index is 12.1. The van der Waals surface area contributed by atoms with Crippen LogP contribution in [0.25, 0.3) is 22.3 Å². The van der Waals surface area contributed by atoms with Crippen LogP contribution in [0.3, 0.4) is 0 Å². The number of pyridine rings is 1. The highest BCUT2D eigenvalue weighted by Crippen LogP contribution is 2.27. The van der Waals surface area contributed by atoms with Crippen LogP contribution in [0.15, 0.2) is 30.5 Å². The molecule has 1 aromatic carbocycles. The molecule has 29 heavy (non-hydrogen) atoms. The zero-order valence-electron chi connectivity index (χ0n) is 16.5. The van der Waals surface area contributed by atoms with E-state index in [0.29, 0.717) is 35.7 Å². The molecule has 0 bridgehead atoms. The van der Waals surface area contributed by atoms with Gasteiger partial charge >= 0.3 is 0 Å². The highest BCUT2D eigenvalue weighted by atomic mass is 16.3. The summed E-state index contributed by atoms with van der Waals surface area (Å²) in [6.07, 6.45) is 2.02. The third-order valence-electron chi connectivity index (χ3n) is 5.17. The number of anilines is 1. The fourth-order valence-electron chi connectivity index (χ4n) is 3.53. The minimum atomic E-state index is -1.63. The lowest BCUT2D eigenvalue weighted by Crippen LogP contribution is -2.37. The quantitative estimate of drug-likeness (QED) is 0.617. The molecule has 0 spiro atoms. The zero-order chi connectivity index (χ0) is 20.8. The van der Waals surface area contributed by atoms with Crippen molar-refractivity contribution in [2.24, 2.45) is 0 Å². The Bertz CT molecular complexity index is 1210. The summed E-state index contributed by atoms with van der Waals surface area (Å²) in [7, 11) is 1.66. The van der Waals surface area contributed by atoms with E-state index < -0.39 is 5.60 Å². The molecular weight excluding hydrogens is 366 g/mol. The molecule has 1 unspecified atom stereocenters. The van der Waals surface area contributed by atoms with Gasteiger partial charge in [-0.3, -0.25) is 4.79 Å². The van der Waals surface area contributed by atoms with Crippen molar-refractivity contribution in [1.82, 2.24) is 19.9 Å². The maximum atomic E-state index is 12.1. The predicted octanol–water partition coefficient (Wildman–Crippen LogP) is 1.84. The number of amides is 1. The lowest BCUT2D eigenvalue weighted by Gasteiger charge is -2.13. The SMILES string of the molecule is Cc1cnc(N)c2nc(-c3cccc(C#CC4(O)CCN(C)C4=O)c3)nc(C)c12. The molecule has 7 heteroatoms. The number of aliphatic hydroxyl groups is 1. The van der Waals surface area contributed by atoms with Gasteiger partial charge in [-0.1, -0.05) is 24.0 Å². The van der Waals surface area contributed by atoms with Crippen molar-refractivity contribution in [2.75, 3.05) is 19.3 Å². The van der Waals surface area contributed by atoms with Crippen LogP contribution in [0.4, 0.5) is 5.82 Å². The first-order valence-corrected chi connectivity index (χ1v) is 9.29. The highest BCUT2D eigenvalue weighted by molar-refractivity contribution is 5.92. The average Bonchev–Trinajstić information content (AvgIpc) is 2.97. The average molecular weight is 387 g/mol. The Kier molecular flexibility index (Phi) is 4.44. The molecule has 0 radical (unpaired) electrons. The number of likely N-dealkylation sites (tertiary alicyclic amines) is 1. The number of rotatable bonds is 1. The van der Waals surface area contributed by atoms with E-state index in [2.05, 4.69) is 26.8 Å². The van der Waals surface area contributed by atoms with Crippen LogP contribution >= 0.6 is 0 Å². The summed E-state index contributed by atoms with van der Waals surface area (Å²) < 4.78 is 0. The molecule has 2 aromatic heterocycles. The molecule has 3 aromatic rings. The van der Waals surface area contributed by atoms with Crippen LogP contribution in [-0.4, -0.2) is 50.1 Å². The number of nitrogens with two attached hydrogens (primary N) is 1. The van der Waals surface area contributed by atoms with E-state index in [-0.39, 0.29) is 5.91 Å². The Balaban J connectivity index is 1.75. The molecule has 1 aliphatic heterocycles. The summed E-state index contributed by atoms with van der Waals surface area (Å²) in [6, 6.07) is 7.37. The lowest BCUT2D eigenvalue weighted by molar-refractivity contribution is -0.137. The van der Waals surface area contributed by atoms with Gasteiger partial charge in [-0.05, 0) is 31.5 Å². The Morgan fingerprint density at radius 1 is 1.28 bits per heavy atom. The number of aromatic nitrogens is 3.